The van der Waals surface area contributed by atoms with Gasteiger partial charge in [-0.1, -0.05) is 18.2 Å². The van der Waals surface area contributed by atoms with E-state index in [4.69, 9.17) is 10.5 Å². The number of aromatic nitrogens is 1. The van der Waals surface area contributed by atoms with Gasteiger partial charge in [-0.3, -0.25) is 9.78 Å². The molecule has 0 bridgehead atoms. The van der Waals surface area contributed by atoms with Gasteiger partial charge in [0.2, 0.25) is 5.91 Å². The molecule has 0 aliphatic heterocycles. The topological polar surface area (TPSA) is 77.2 Å². The van der Waals surface area contributed by atoms with Crippen LogP contribution in [0.4, 0.5) is 5.69 Å². The number of halogens is 1. The maximum Gasteiger partial charge on any atom is 0.226 e. The summed E-state index contributed by atoms with van der Waals surface area (Å²) in [6, 6.07) is 11.3. The Balaban J connectivity index is 0.00000242. The van der Waals surface area contributed by atoms with Crippen molar-refractivity contribution in [3.05, 3.63) is 53.9 Å². The van der Waals surface area contributed by atoms with Crippen molar-refractivity contribution in [1.82, 2.24) is 10.3 Å². The molecule has 0 spiro atoms. The van der Waals surface area contributed by atoms with E-state index in [1.807, 2.05) is 24.3 Å². The highest BCUT2D eigenvalue weighted by atomic mass is 35.5. The SMILES string of the molecule is COc1ccccc1CCNC(=O)Cc1ccc(N)cn1.Cl. The minimum atomic E-state index is -0.0535. The fourth-order valence-electron chi connectivity index (χ4n) is 2.01. The quantitative estimate of drug-likeness (QED) is 0.853. The van der Waals surface area contributed by atoms with Crippen molar-refractivity contribution >= 4 is 24.0 Å². The molecule has 0 saturated carbocycles. The molecule has 0 atom stereocenters. The molecule has 3 N–H and O–H groups in total. The first-order valence-electron chi connectivity index (χ1n) is 6.78. The van der Waals surface area contributed by atoms with Gasteiger partial charge in [0, 0.05) is 12.2 Å². The summed E-state index contributed by atoms with van der Waals surface area (Å²) in [5, 5.41) is 2.88. The van der Waals surface area contributed by atoms with E-state index in [0.717, 1.165) is 17.7 Å². The van der Waals surface area contributed by atoms with Gasteiger partial charge in [0.25, 0.3) is 0 Å². The molecule has 0 radical (unpaired) electrons. The van der Waals surface area contributed by atoms with Gasteiger partial charge in [-0.25, -0.2) is 0 Å². The Morgan fingerprint density at radius 3 is 2.73 bits per heavy atom. The van der Waals surface area contributed by atoms with E-state index in [2.05, 4.69) is 10.3 Å². The summed E-state index contributed by atoms with van der Waals surface area (Å²) in [4.78, 5) is 15.9. The minimum absolute atomic E-state index is 0. The normalized spacial score (nSPS) is 9.68. The number of amides is 1. The average Bonchev–Trinajstić information content (AvgIpc) is 2.50. The number of nitrogen functional groups attached to an aromatic ring is 1. The van der Waals surface area contributed by atoms with E-state index in [1.165, 1.54) is 0 Å². The maximum absolute atomic E-state index is 11.8. The minimum Gasteiger partial charge on any atom is -0.496 e. The van der Waals surface area contributed by atoms with Gasteiger partial charge in [0.05, 0.1) is 25.4 Å². The van der Waals surface area contributed by atoms with E-state index < -0.39 is 0 Å². The highest BCUT2D eigenvalue weighted by Crippen LogP contribution is 2.17. The van der Waals surface area contributed by atoms with Crippen molar-refractivity contribution in [2.24, 2.45) is 0 Å². The number of anilines is 1. The number of nitrogens with one attached hydrogen (secondary N) is 1. The van der Waals surface area contributed by atoms with Crippen LogP contribution in [0, 0.1) is 0 Å². The predicted octanol–water partition coefficient (Wildman–Crippen LogP) is 2.00. The van der Waals surface area contributed by atoms with Crippen molar-refractivity contribution < 1.29 is 9.53 Å². The third-order valence-corrected chi connectivity index (χ3v) is 3.10. The van der Waals surface area contributed by atoms with Crippen LogP contribution in [0.1, 0.15) is 11.3 Å². The molecule has 0 fully saturated rings. The molecule has 2 aromatic rings. The van der Waals surface area contributed by atoms with Gasteiger partial charge in [-0.2, -0.15) is 0 Å². The Morgan fingerprint density at radius 1 is 1.27 bits per heavy atom. The molecule has 5 nitrogen and oxygen atoms in total. The van der Waals surface area contributed by atoms with Gasteiger partial charge in [0.15, 0.2) is 0 Å². The smallest absolute Gasteiger partial charge is 0.226 e. The zero-order chi connectivity index (χ0) is 15.1. The fraction of sp³-hybridized carbons (Fsp3) is 0.250. The molecule has 1 aromatic heterocycles. The predicted molar refractivity (Wildman–Crippen MR) is 89.3 cm³/mol. The van der Waals surface area contributed by atoms with Crippen LogP contribution in [0.2, 0.25) is 0 Å². The van der Waals surface area contributed by atoms with Gasteiger partial charge in [-0.15, -0.1) is 12.4 Å². The van der Waals surface area contributed by atoms with E-state index >= 15 is 0 Å². The molecular formula is C16H20ClN3O2. The highest BCUT2D eigenvalue weighted by molar-refractivity contribution is 5.85. The molecule has 1 amide bonds. The third kappa shape index (κ3) is 5.26. The molecule has 6 heteroatoms. The Morgan fingerprint density at radius 2 is 2.05 bits per heavy atom. The number of benzene rings is 1. The van der Waals surface area contributed by atoms with Crippen molar-refractivity contribution in [1.29, 1.82) is 0 Å². The number of carbonyl (C=O) groups excluding carboxylic acids is 1. The van der Waals surface area contributed by atoms with Crippen molar-refractivity contribution in [2.75, 3.05) is 19.4 Å². The lowest BCUT2D eigenvalue weighted by Crippen LogP contribution is -2.27. The van der Waals surface area contributed by atoms with Crippen molar-refractivity contribution in [2.45, 2.75) is 12.8 Å². The maximum atomic E-state index is 11.8. The zero-order valence-corrected chi connectivity index (χ0v) is 13.2. The van der Waals surface area contributed by atoms with Gasteiger partial charge in [0.1, 0.15) is 5.75 Å². The van der Waals surface area contributed by atoms with Crippen molar-refractivity contribution in [3.63, 3.8) is 0 Å². The molecule has 1 heterocycles. The lowest BCUT2D eigenvalue weighted by atomic mass is 10.1. The first kappa shape index (κ1) is 17.8. The zero-order valence-electron chi connectivity index (χ0n) is 12.4. The summed E-state index contributed by atoms with van der Waals surface area (Å²) in [5.74, 6) is 0.786. The van der Waals surface area contributed by atoms with Crippen molar-refractivity contribution in [3.8, 4) is 5.75 Å². The second-order valence-electron chi connectivity index (χ2n) is 4.67. The molecule has 0 unspecified atom stereocenters. The second-order valence-corrected chi connectivity index (χ2v) is 4.67. The Labute approximate surface area is 136 Å². The third-order valence-electron chi connectivity index (χ3n) is 3.10. The molecule has 118 valence electrons. The second kappa shape index (κ2) is 8.89. The Hall–Kier alpha value is -2.27. The van der Waals surface area contributed by atoms with Crippen LogP contribution in [-0.2, 0) is 17.6 Å². The number of hydrogen-bond donors (Lipinski definition) is 2. The molecule has 0 aliphatic rings. The van der Waals surface area contributed by atoms with E-state index in [0.29, 0.717) is 17.9 Å². The number of carbonyl (C=O) groups is 1. The first-order chi connectivity index (χ1) is 10.2. The van der Waals surface area contributed by atoms with Gasteiger partial charge < -0.3 is 15.8 Å². The van der Waals surface area contributed by atoms with Crippen LogP contribution in [0.5, 0.6) is 5.75 Å². The monoisotopic (exact) mass is 321 g/mol. The van der Waals surface area contributed by atoms with Crippen LogP contribution < -0.4 is 15.8 Å². The van der Waals surface area contributed by atoms with E-state index in [-0.39, 0.29) is 24.7 Å². The van der Waals surface area contributed by atoms with Crippen LogP contribution >= 0.6 is 12.4 Å². The molecule has 0 aliphatic carbocycles. The average molecular weight is 322 g/mol. The van der Waals surface area contributed by atoms with Crippen LogP contribution in [0.3, 0.4) is 0 Å². The lowest BCUT2D eigenvalue weighted by molar-refractivity contribution is -0.120. The number of methoxy groups -OCH3 is 1. The number of para-hydroxylation sites is 1. The largest absolute Gasteiger partial charge is 0.496 e. The first-order valence-corrected chi connectivity index (χ1v) is 6.78. The number of hydrogen-bond acceptors (Lipinski definition) is 4. The molecule has 22 heavy (non-hydrogen) atoms. The van der Waals surface area contributed by atoms with E-state index in [9.17, 15) is 4.79 Å². The number of rotatable bonds is 6. The molecule has 2 rings (SSSR count). The van der Waals surface area contributed by atoms with Crippen LogP contribution in [-0.4, -0.2) is 24.5 Å². The van der Waals surface area contributed by atoms with Crippen LogP contribution in [0.25, 0.3) is 0 Å². The summed E-state index contributed by atoms with van der Waals surface area (Å²) in [5.41, 5.74) is 7.93. The summed E-state index contributed by atoms with van der Waals surface area (Å²) < 4.78 is 5.28. The summed E-state index contributed by atoms with van der Waals surface area (Å²) in [6.07, 6.45) is 2.54. The van der Waals surface area contributed by atoms with Gasteiger partial charge in [-0.05, 0) is 30.2 Å². The van der Waals surface area contributed by atoms with Gasteiger partial charge >= 0.3 is 0 Å². The standard InChI is InChI=1S/C16H19N3O2.ClH/c1-21-15-5-3-2-4-12(15)8-9-18-16(20)10-14-7-6-13(17)11-19-14;/h2-7,11H,8-10,17H2,1H3,(H,18,20);1H. The summed E-state index contributed by atoms with van der Waals surface area (Å²) >= 11 is 0. The molecular weight excluding hydrogens is 302 g/mol. The number of nitrogens with zero attached hydrogens (tertiary/aromatic N) is 1. The highest BCUT2D eigenvalue weighted by Gasteiger charge is 2.05. The summed E-state index contributed by atoms with van der Waals surface area (Å²) in [7, 11) is 1.64. The number of pyridine rings is 1. The van der Waals surface area contributed by atoms with E-state index in [1.54, 1.807) is 25.4 Å². The Bertz CT molecular complexity index is 603. The molecule has 0 saturated heterocycles. The fourth-order valence-corrected chi connectivity index (χ4v) is 2.01. The molecule has 1 aromatic carbocycles. The number of ether oxygens (including phenoxy) is 1. The van der Waals surface area contributed by atoms with Crippen LogP contribution in [0.15, 0.2) is 42.6 Å². The number of nitrogens with two attached hydrogens (primary N) is 1. The summed E-state index contributed by atoms with van der Waals surface area (Å²) in [6.45, 7) is 0.564. The Kier molecular flexibility index (Phi) is 7.19. The lowest BCUT2D eigenvalue weighted by Gasteiger charge is -2.09.